The summed E-state index contributed by atoms with van der Waals surface area (Å²) in [6.07, 6.45) is 3.57. The third-order valence-corrected chi connectivity index (χ3v) is 9.51. The lowest BCUT2D eigenvalue weighted by atomic mass is 9.92. The predicted octanol–water partition coefficient (Wildman–Crippen LogP) is 6.31. The van der Waals surface area contributed by atoms with Crippen molar-refractivity contribution in [3.05, 3.63) is 72.5 Å². The van der Waals surface area contributed by atoms with Crippen molar-refractivity contribution in [1.82, 2.24) is 19.8 Å². The normalized spacial score (nSPS) is 15.0. The number of benzene rings is 1. The number of carbonyl (C=O) groups excluding carboxylic acids is 1. The predicted molar refractivity (Wildman–Crippen MR) is 137 cm³/mol. The summed E-state index contributed by atoms with van der Waals surface area (Å²) in [4.78, 5) is 12.2. The first kappa shape index (κ1) is 26.2. The summed E-state index contributed by atoms with van der Waals surface area (Å²) in [5.41, 5.74) is 2.67. The van der Waals surface area contributed by atoms with Crippen LogP contribution in [0.5, 0.6) is 0 Å². The van der Waals surface area contributed by atoms with Gasteiger partial charge in [-0.05, 0) is 48.6 Å². The van der Waals surface area contributed by atoms with Crippen LogP contribution in [0.15, 0.2) is 40.5 Å². The molecule has 1 aromatic carbocycles. The number of thiophene rings is 1. The van der Waals surface area contributed by atoms with Crippen molar-refractivity contribution in [2.24, 2.45) is 0 Å². The highest BCUT2D eigenvalue weighted by atomic mass is 35.5. The Labute approximate surface area is 224 Å². The number of hydrogen-bond donors (Lipinski definition) is 2. The van der Waals surface area contributed by atoms with Crippen LogP contribution in [-0.2, 0) is 23.0 Å². The molecule has 0 radical (unpaired) electrons. The average molecular weight is 598 g/mol. The molecule has 0 unspecified atom stereocenters. The number of urea groups is 1. The monoisotopic (exact) mass is 596 g/mol. The minimum atomic E-state index is -4.21. The maximum absolute atomic E-state index is 15.2. The smallest absolute Gasteiger partial charge is 0.329 e. The Hall–Kier alpha value is -1.82. The van der Waals surface area contributed by atoms with Crippen molar-refractivity contribution in [2.45, 2.75) is 30.0 Å². The molecular weight excluding hydrogens is 581 g/mol. The van der Waals surface area contributed by atoms with Gasteiger partial charge in [-0.1, -0.05) is 52.5 Å². The van der Waals surface area contributed by atoms with Crippen LogP contribution in [-0.4, -0.2) is 30.8 Å². The maximum Gasteiger partial charge on any atom is 0.329 e. The van der Waals surface area contributed by atoms with Gasteiger partial charge in [0.25, 0.3) is 10.0 Å². The molecule has 14 heteroatoms. The summed E-state index contributed by atoms with van der Waals surface area (Å²) in [5.74, 6) is -0.593. The minimum absolute atomic E-state index is 0.0535. The van der Waals surface area contributed by atoms with Crippen molar-refractivity contribution < 1.29 is 17.6 Å². The van der Waals surface area contributed by atoms with Gasteiger partial charge < -0.3 is 5.32 Å². The Morgan fingerprint density at radius 1 is 1.14 bits per heavy atom. The van der Waals surface area contributed by atoms with Crippen LogP contribution in [0.1, 0.15) is 29.7 Å². The Bertz CT molecular complexity index is 1420. The van der Waals surface area contributed by atoms with Crippen molar-refractivity contribution in [2.75, 3.05) is 6.54 Å². The zero-order chi connectivity index (χ0) is 25.3. The third kappa shape index (κ3) is 5.95. The highest BCUT2D eigenvalue weighted by Crippen LogP contribution is 2.35. The van der Waals surface area contributed by atoms with Crippen LogP contribution in [0.3, 0.4) is 0 Å². The maximum atomic E-state index is 15.2. The number of sulfonamides is 1. The molecule has 0 spiro atoms. The molecule has 0 fully saturated rings. The van der Waals surface area contributed by atoms with E-state index in [1.165, 1.54) is 0 Å². The molecule has 2 heterocycles. The van der Waals surface area contributed by atoms with E-state index >= 15 is 4.39 Å². The van der Waals surface area contributed by atoms with Crippen molar-refractivity contribution >= 4 is 79.4 Å². The minimum Gasteiger partial charge on any atom is -0.331 e. The summed E-state index contributed by atoms with van der Waals surface area (Å²) in [6, 6.07) is 5.16. The van der Waals surface area contributed by atoms with Gasteiger partial charge in [0.2, 0.25) is 0 Å². The van der Waals surface area contributed by atoms with Crippen molar-refractivity contribution in [1.29, 1.82) is 0 Å². The standard InChI is InChI=1S/C21H17Cl4FN4O3S2/c22-13-5-4-12(15(23)6-13)10-30-19-11(8-28-30)2-1-3-14(19)17(26)9-27-21(31)29-35(32,33)18-7-16(24)20(25)34-18/h4-8H,1-3,9-10H2,(H2,27,29,31)/b17-14-. The number of fused-ring (bicyclic) bond motifs is 1. The third-order valence-electron chi connectivity index (χ3n) is 5.26. The number of nitrogens with one attached hydrogen (secondary N) is 2. The number of aromatic nitrogens is 2. The quantitative estimate of drug-likeness (QED) is 0.348. The van der Waals surface area contributed by atoms with E-state index in [4.69, 9.17) is 46.4 Å². The first-order chi connectivity index (χ1) is 16.5. The van der Waals surface area contributed by atoms with E-state index in [2.05, 4.69) is 10.4 Å². The van der Waals surface area contributed by atoms with Gasteiger partial charge in [-0.25, -0.2) is 22.3 Å². The molecule has 2 aromatic heterocycles. The highest BCUT2D eigenvalue weighted by molar-refractivity contribution is 7.92. The van der Waals surface area contributed by atoms with E-state index < -0.39 is 28.4 Å². The Kier molecular flexibility index (Phi) is 7.99. The molecule has 0 aliphatic heterocycles. The first-order valence-electron chi connectivity index (χ1n) is 10.2. The molecule has 0 atom stereocenters. The molecule has 35 heavy (non-hydrogen) atoms. The molecule has 4 rings (SSSR count). The van der Waals surface area contributed by atoms with Crippen LogP contribution >= 0.6 is 57.7 Å². The van der Waals surface area contributed by atoms with Gasteiger partial charge >= 0.3 is 6.03 Å². The topological polar surface area (TPSA) is 93.1 Å². The molecular formula is C21H17Cl4FN4O3S2. The van der Waals surface area contributed by atoms with Gasteiger partial charge in [-0.3, -0.25) is 4.68 Å². The average Bonchev–Trinajstić information content (AvgIpc) is 3.37. The highest BCUT2D eigenvalue weighted by Gasteiger charge is 2.25. The van der Waals surface area contributed by atoms with E-state index in [1.807, 2.05) is 4.72 Å². The van der Waals surface area contributed by atoms with Gasteiger partial charge in [0.05, 0.1) is 30.0 Å². The Morgan fingerprint density at radius 3 is 2.60 bits per heavy atom. The molecule has 1 aliphatic carbocycles. The second-order valence-electron chi connectivity index (χ2n) is 7.62. The summed E-state index contributed by atoms with van der Waals surface area (Å²) < 4.78 is 43.2. The van der Waals surface area contributed by atoms with Crippen LogP contribution in [0.2, 0.25) is 19.4 Å². The van der Waals surface area contributed by atoms with E-state index in [-0.39, 0.29) is 13.6 Å². The van der Waals surface area contributed by atoms with E-state index in [0.29, 0.717) is 52.0 Å². The van der Waals surface area contributed by atoms with Crippen molar-refractivity contribution in [3.8, 4) is 0 Å². The lowest BCUT2D eigenvalue weighted by Crippen LogP contribution is -2.39. The number of amides is 2. The second-order valence-corrected chi connectivity index (χ2v) is 12.4. The molecule has 1 aliphatic rings. The zero-order valence-electron chi connectivity index (χ0n) is 17.7. The zero-order valence-corrected chi connectivity index (χ0v) is 22.4. The fraction of sp³-hybridized carbons (Fsp3) is 0.238. The molecule has 7 nitrogen and oxygen atoms in total. The van der Waals surface area contributed by atoms with E-state index in [1.54, 1.807) is 29.1 Å². The van der Waals surface area contributed by atoms with Gasteiger partial charge in [0.1, 0.15) is 14.4 Å². The number of carbonyl (C=O) groups is 1. The molecule has 2 amide bonds. The number of rotatable bonds is 6. The number of aryl methyl sites for hydroxylation is 1. The molecule has 3 aromatic rings. The lowest BCUT2D eigenvalue weighted by molar-refractivity contribution is 0.246. The fourth-order valence-corrected chi connectivity index (χ4v) is 6.94. The number of hydrogen-bond acceptors (Lipinski definition) is 5. The Balaban J connectivity index is 1.50. The SMILES string of the molecule is O=C(NC/C(F)=C1\CCCc2cnn(Cc3ccc(Cl)cc3Cl)c21)NS(=O)(=O)c1cc(Cl)c(Cl)s1. The molecule has 186 valence electrons. The summed E-state index contributed by atoms with van der Waals surface area (Å²) >= 11 is 24.5. The second kappa shape index (κ2) is 10.7. The van der Waals surface area contributed by atoms with Gasteiger partial charge in [-0.15, -0.1) is 11.3 Å². The van der Waals surface area contributed by atoms with Crippen molar-refractivity contribution in [3.63, 3.8) is 0 Å². The van der Waals surface area contributed by atoms with E-state index in [9.17, 15) is 13.2 Å². The number of allylic oxidation sites excluding steroid dienone is 1. The fourth-order valence-electron chi connectivity index (χ4n) is 3.66. The van der Waals surface area contributed by atoms with Gasteiger partial charge in [-0.2, -0.15) is 5.10 Å². The summed E-state index contributed by atoms with van der Waals surface area (Å²) in [6.45, 7) is -0.199. The first-order valence-corrected chi connectivity index (χ1v) is 14.0. The molecule has 0 saturated carbocycles. The van der Waals surface area contributed by atoms with Crippen LogP contribution in [0.25, 0.3) is 5.57 Å². The molecule has 0 bridgehead atoms. The largest absolute Gasteiger partial charge is 0.331 e. The van der Waals surface area contributed by atoms with Gasteiger partial charge in [0.15, 0.2) is 0 Å². The lowest BCUT2D eigenvalue weighted by Gasteiger charge is -2.19. The van der Waals surface area contributed by atoms with Crippen LogP contribution in [0, 0.1) is 0 Å². The van der Waals surface area contributed by atoms with E-state index in [0.717, 1.165) is 23.6 Å². The summed E-state index contributed by atoms with van der Waals surface area (Å²) in [5, 5.41) is 7.67. The summed E-state index contributed by atoms with van der Waals surface area (Å²) in [7, 11) is -4.21. The molecule has 0 saturated heterocycles. The van der Waals surface area contributed by atoms with Crippen LogP contribution < -0.4 is 10.0 Å². The van der Waals surface area contributed by atoms with Gasteiger partial charge in [0, 0.05) is 15.6 Å². The molecule has 2 N–H and O–H groups in total. The number of halogens is 5. The van der Waals surface area contributed by atoms with Crippen LogP contribution in [0.4, 0.5) is 9.18 Å². The Morgan fingerprint density at radius 2 is 1.91 bits per heavy atom. The number of nitrogens with zero attached hydrogens (tertiary/aromatic N) is 2.